The first-order valence-corrected chi connectivity index (χ1v) is 8.54. The molecule has 0 amide bonds. The summed E-state index contributed by atoms with van der Waals surface area (Å²) in [5, 5.41) is 3.56. The molecule has 0 spiro atoms. The molecule has 112 valence electrons. The standard InChI is InChI=1S/C17H19Br2NO/c1-3-20-16(14-9-8-13(18)11-15(14)19)10-12-6-4-5-7-17(12)21-2/h4-9,11,16,20H,3,10H2,1-2H3. The number of benzene rings is 2. The molecular weight excluding hydrogens is 394 g/mol. The zero-order valence-electron chi connectivity index (χ0n) is 12.2. The Kier molecular flexibility index (Phi) is 6.27. The molecule has 0 aliphatic heterocycles. The number of halogens is 2. The number of hydrogen-bond donors (Lipinski definition) is 1. The van der Waals surface area contributed by atoms with Crippen LogP contribution in [-0.2, 0) is 6.42 Å². The maximum atomic E-state index is 5.46. The van der Waals surface area contributed by atoms with Crippen LogP contribution in [0.15, 0.2) is 51.4 Å². The van der Waals surface area contributed by atoms with Crippen LogP contribution in [0.2, 0.25) is 0 Å². The van der Waals surface area contributed by atoms with Crippen molar-refractivity contribution in [1.29, 1.82) is 0 Å². The van der Waals surface area contributed by atoms with Crippen LogP contribution in [0.1, 0.15) is 24.1 Å². The molecule has 0 saturated carbocycles. The summed E-state index contributed by atoms with van der Waals surface area (Å²) < 4.78 is 7.65. The zero-order chi connectivity index (χ0) is 15.2. The summed E-state index contributed by atoms with van der Waals surface area (Å²) in [5.41, 5.74) is 2.46. The molecule has 0 fully saturated rings. The minimum Gasteiger partial charge on any atom is -0.496 e. The first-order chi connectivity index (χ1) is 10.2. The van der Waals surface area contributed by atoms with Crippen molar-refractivity contribution in [3.8, 4) is 5.75 Å². The summed E-state index contributed by atoms with van der Waals surface area (Å²) in [4.78, 5) is 0. The molecule has 1 atom stereocenters. The predicted octanol–water partition coefficient (Wildman–Crippen LogP) is 5.11. The molecule has 1 N–H and O–H groups in total. The first kappa shape index (κ1) is 16.5. The van der Waals surface area contributed by atoms with Crippen LogP contribution in [0.5, 0.6) is 5.75 Å². The van der Waals surface area contributed by atoms with Gasteiger partial charge in [-0.3, -0.25) is 0 Å². The van der Waals surface area contributed by atoms with Gasteiger partial charge in [0.15, 0.2) is 0 Å². The summed E-state index contributed by atoms with van der Waals surface area (Å²) in [6.07, 6.45) is 0.887. The summed E-state index contributed by atoms with van der Waals surface area (Å²) in [6, 6.07) is 14.7. The van der Waals surface area contributed by atoms with E-state index in [1.807, 2.05) is 12.1 Å². The van der Waals surface area contributed by atoms with Gasteiger partial charge in [-0.15, -0.1) is 0 Å². The fourth-order valence-electron chi connectivity index (χ4n) is 2.41. The highest BCUT2D eigenvalue weighted by molar-refractivity contribution is 9.11. The monoisotopic (exact) mass is 411 g/mol. The van der Waals surface area contributed by atoms with Gasteiger partial charge in [0.1, 0.15) is 5.75 Å². The smallest absolute Gasteiger partial charge is 0.122 e. The normalized spacial score (nSPS) is 12.2. The lowest BCUT2D eigenvalue weighted by Gasteiger charge is -2.21. The highest BCUT2D eigenvalue weighted by atomic mass is 79.9. The molecule has 0 bridgehead atoms. The van der Waals surface area contributed by atoms with E-state index in [2.05, 4.69) is 74.4 Å². The van der Waals surface area contributed by atoms with Crippen LogP contribution < -0.4 is 10.1 Å². The van der Waals surface area contributed by atoms with Crippen LogP contribution in [0.4, 0.5) is 0 Å². The average Bonchev–Trinajstić information content (AvgIpc) is 2.47. The second-order valence-electron chi connectivity index (χ2n) is 4.79. The average molecular weight is 413 g/mol. The summed E-state index contributed by atoms with van der Waals surface area (Å²) in [5.74, 6) is 0.939. The van der Waals surface area contributed by atoms with Gasteiger partial charge in [-0.1, -0.05) is 63.0 Å². The van der Waals surface area contributed by atoms with Crippen molar-refractivity contribution in [3.05, 3.63) is 62.5 Å². The summed E-state index contributed by atoms with van der Waals surface area (Å²) in [7, 11) is 1.72. The van der Waals surface area contributed by atoms with Crippen LogP contribution >= 0.6 is 31.9 Å². The van der Waals surface area contributed by atoms with Crippen LogP contribution in [0.3, 0.4) is 0 Å². The molecule has 4 heteroatoms. The van der Waals surface area contributed by atoms with Gasteiger partial charge >= 0.3 is 0 Å². The second-order valence-corrected chi connectivity index (χ2v) is 6.56. The van der Waals surface area contributed by atoms with E-state index in [0.29, 0.717) is 0 Å². The molecule has 2 aromatic rings. The van der Waals surface area contributed by atoms with E-state index in [0.717, 1.165) is 27.7 Å². The number of likely N-dealkylation sites (N-methyl/N-ethyl adjacent to an activating group) is 1. The lowest BCUT2D eigenvalue weighted by Crippen LogP contribution is -2.23. The van der Waals surface area contributed by atoms with Crippen molar-refractivity contribution in [2.75, 3.05) is 13.7 Å². The summed E-state index contributed by atoms with van der Waals surface area (Å²) in [6.45, 7) is 3.05. The number of hydrogen-bond acceptors (Lipinski definition) is 2. The molecule has 0 aliphatic carbocycles. The molecule has 21 heavy (non-hydrogen) atoms. The minimum absolute atomic E-state index is 0.244. The van der Waals surface area contributed by atoms with E-state index >= 15 is 0 Å². The Morgan fingerprint density at radius 1 is 1.14 bits per heavy atom. The number of para-hydroxylation sites is 1. The summed E-state index contributed by atoms with van der Waals surface area (Å²) >= 11 is 7.17. The van der Waals surface area contributed by atoms with Gasteiger partial charge in [-0.2, -0.15) is 0 Å². The van der Waals surface area contributed by atoms with E-state index < -0.39 is 0 Å². The Morgan fingerprint density at radius 2 is 1.90 bits per heavy atom. The van der Waals surface area contributed by atoms with E-state index in [1.54, 1.807) is 7.11 Å². The van der Waals surface area contributed by atoms with Crippen molar-refractivity contribution in [2.24, 2.45) is 0 Å². The molecule has 1 unspecified atom stereocenters. The molecule has 2 rings (SSSR count). The maximum absolute atomic E-state index is 5.46. The lowest BCUT2D eigenvalue weighted by atomic mass is 9.98. The van der Waals surface area contributed by atoms with Crippen molar-refractivity contribution < 1.29 is 4.74 Å². The Labute approximate surface area is 143 Å². The maximum Gasteiger partial charge on any atom is 0.122 e. The Bertz CT molecular complexity index is 601. The third-order valence-corrected chi connectivity index (χ3v) is 4.59. The topological polar surface area (TPSA) is 21.3 Å². The van der Waals surface area contributed by atoms with Gasteiger partial charge in [0.05, 0.1) is 7.11 Å². The fourth-order valence-corrected chi connectivity index (χ4v) is 3.74. The van der Waals surface area contributed by atoms with E-state index in [4.69, 9.17) is 4.74 Å². The third-order valence-electron chi connectivity index (χ3n) is 3.40. The predicted molar refractivity (Wildman–Crippen MR) is 95.0 cm³/mol. The number of methoxy groups -OCH3 is 1. The van der Waals surface area contributed by atoms with Gasteiger partial charge in [0, 0.05) is 15.0 Å². The van der Waals surface area contributed by atoms with Crippen LogP contribution in [-0.4, -0.2) is 13.7 Å². The van der Waals surface area contributed by atoms with Crippen molar-refractivity contribution in [1.82, 2.24) is 5.32 Å². The quantitative estimate of drug-likeness (QED) is 0.711. The Morgan fingerprint density at radius 3 is 2.57 bits per heavy atom. The molecule has 0 radical (unpaired) electrons. The molecule has 2 nitrogen and oxygen atoms in total. The second kappa shape index (κ2) is 7.97. The number of nitrogens with one attached hydrogen (secondary N) is 1. The highest BCUT2D eigenvalue weighted by Crippen LogP contribution is 2.31. The van der Waals surface area contributed by atoms with Gasteiger partial charge < -0.3 is 10.1 Å². The molecule has 0 aromatic heterocycles. The van der Waals surface area contributed by atoms with Gasteiger partial charge in [-0.25, -0.2) is 0 Å². The van der Waals surface area contributed by atoms with Gasteiger partial charge in [0.25, 0.3) is 0 Å². The molecule has 0 aliphatic rings. The molecular formula is C17H19Br2NO. The molecule has 0 heterocycles. The number of rotatable bonds is 6. The largest absolute Gasteiger partial charge is 0.496 e. The van der Waals surface area contributed by atoms with Crippen LogP contribution in [0.25, 0.3) is 0 Å². The minimum atomic E-state index is 0.244. The Hall–Kier alpha value is -0.840. The lowest BCUT2D eigenvalue weighted by molar-refractivity contribution is 0.405. The van der Waals surface area contributed by atoms with Gasteiger partial charge in [0.2, 0.25) is 0 Å². The number of ether oxygens (including phenoxy) is 1. The van der Waals surface area contributed by atoms with E-state index in [9.17, 15) is 0 Å². The highest BCUT2D eigenvalue weighted by Gasteiger charge is 2.16. The van der Waals surface area contributed by atoms with Crippen molar-refractivity contribution in [3.63, 3.8) is 0 Å². The third kappa shape index (κ3) is 4.31. The molecule has 2 aromatic carbocycles. The molecule has 0 saturated heterocycles. The zero-order valence-corrected chi connectivity index (χ0v) is 15.4. The Balaban J connectivity index is 2.30. The van der Waals surface area contributed by atoms with E-state index in [-0.39, 0.29) is 6.04 Å². The fraction of sp³-hybridized carbons (Fsp3) is 0.294. The first-order valence-electron chi connectivity index (χ1n) is 6.96. The SMILES string of the molecule is CCNC(Cc1ccccc1OC)c1ccc(Br)cc1Br. The van der Waals surface area contributed by atoms with E-state index in [1.165, 1.54) is 11.1 Å². The van der Waals surface area contributed by atoms with Gasteiger partial charge in [-0.05, 0) is 42.3 Å². The van der Waals surface area contributed by atoms with Crippen molar-refractivity contribution >= 4 is 31.9 Å². The van der Waals surface area contributed by atoms with Crippen molar-refractivity contribution in [2.45, 2.75) is 19.4 Å². The van der Waals surface area contributed by atoms with Crippen LogP contribution in [0, 0.1) is 0 Å².